The second kappa shape index (κ2) is 6.67. The van der Waals surface area contributed by atoms with Gasteiger partial charge in [-0.2, -0.15) is 4.68 Å². The lowest BCUT2D eigenvalue weighted by Crippen LogP contribution is -2.20. The Kier molecular flexibility index (Phi) is 4.59. The summed E-state index contributed by atoms with van der Waals surface area (Å²) in [7, 11) is 1.56. The van der Waals surface area contributed by atoms with Gasteiger partial charge in [-0.1, -0.05) is 28.4 Å². The van der Waals surface area contributed by atoms with Crippen LogP contribution in [0.4, 0.5) is 0 Å². The lowest BCUT2D eigenvalue weighted by molar-refractivity contribution is 0.0824. The van der Waals surface area contributed by atoms with Crippen LogP contribution in [-0.2, 0) is 0 Å². The van der Waals surface area contributed by atoms with Crippen molar-refractivity contribution in [2.45, 2.75) is 6.92 Å². The maximum Gasteiger partial charge on any atom is 0.286 e. The molecule has 0 unspecified atom stereocenters. The summed E-state index contributed by atoms with van der Waals surface area (Å²) in [6.45, 7) is 1.57. The van der Waals surface area contributed by atoms with Crippen molar-refractivity contribution in [1.29, 1.82) is 0 Å². The first-order chi connectivity index (χ1) is 11.5. The first-order valence-electron chi connectivity index (χ1n) is 7.00. The quantitative estimate of drug-likeness (QED) is 0.703. The summed E-state index contributed by atoms with van der Waals surface area (Å²) in [4.78, 5) is 12.4. The van der Waals surface area contributed by atoms with Crippen LogP contribution in [0, 0.1) is 6.92 Å². The molecule has 0 radical (unpaired) electrons. The van der Waals surface area contributed by atoms with E-state index in [1.54, 1.807) is 44.4 Å². The minimum Gasteiger partial charge on any atom is -0.497 e. The smallest absolute Gasteiger partial charge is 0.286 e. The molecule has 0 N–H and O–H groups in total. The summed E-state index contributed by atoms with van der Waals surface area (Å²) in [5.74, 6) is 0.690. The van der Waals surface area contributed by atoms with Crippen LogP contribution in [0.15, 0.2) is 30.3 Å². The van der Waals surface area contributed by atoms with Crippen molar-refractivity contribution in [1.82, 2.24) is 15.0 Å². The minimum atomic E-state index is -0.368. The molecule has 0 spiro atoms. The standard InChI is InChI=1S/C16H13Cl2N3O3/c1-9-5-10(17)6-12(18)16(9)24-8-15(22)21-14-4-3-11(23-2)7-13(14)19-20-21/h3-7H,8H2,1-2H3. The summed E-state index contributed by atoms with van der Waals surface area (Å²) >= 11 is 12.0. The molecule has 8 heteroatoms. The average Bonchev–Trinajstić information content (AvgIpc) is 2.96. The molecule has 6 nitrogen and oxygen atoms in total. The Hall–Kier alpha value is -2.31. The van der Waals surface area contributed by atoms with E-state index >= 15 is 0 Å². The fraction of sp³-hybridized carbons (Fsp3) is 0.188. The van der Waals surface area contributed by atoms with Crippen LogP contribution in [-0.4, -0.2) is 34.6 Å². The summed E-state index contributed by atoms with van der Waals surface area (Å²) in [5, 5.41) is 8.69. The van der Waals surface area contributed by atoms with E-state index in [2.05, 4.69) is 10.3 Å². The van der Waals surface area contributed by atoms with Crippen LogP contribution in [0.2, 0.25) is 10.0 Å². The predicted molar refractivity (Wildman–Crippen MR) is 91.4 cm³/mol. The van der Waals surface area contributed by atoms with Gasteiger partial charge in [-0.25, -0.2) is 0 Å². The minimum absolute atomic E-state index is 0.229. The van der Waals surface area contributed by atoms with Gasteiger partial charge >= 0.3 is 0 Å². The molecule has 0 aliphatic rings. The predicted octanol–water partition coefficient (Wildman–Crippen LogP) is 3.77. The third-order valence-electron chi connectivity index (χ3n) is 3.42. The van der Waals surface area contributed by atoms with Gasteiger partial charge in [0.2, 0.25) is 0 Å². The highest BCUT2D eigenvalue weighted by Gasteiger charge is 2.15. The van der Waals surface area contributed by atoms with Gasteiger partial charge in [-0.3, -0.25) is 4.79 Å². The molecule has 0 amide bonds. The largest absolute Gasteiger partial charge is 0.497 e. The molecule has 24 heavy (non-hydrogen) atoms. The molecule has 0 aliphatic carbocycles. The number of ether oxygens (including phenoxy) is 2. The van der Waals surface area contributed by atoms with Gasteiger partial charge < -0.3 is 9.47 Å². The average molecular weight is 366 g/mol. The Labute approximate surface area is 147 Å². The zero-order valence-electron chi connectivity index (χ0n) is 12.9. The van der Waals surface area contributed by atoms with E-state index in [1.165, 1.54) is 4.68 Å². The highest BCUT2D eigenvalue weighted by molar-refractivity contribution is 6.35. The highest BCUT2D eigenvalue weighted by Crippen LogP contribution is 2.31. The van der Waals surface area contributed by atoms with Crippen molar-refractivity contribution in [3.05, 3.63) is 45.9 Å². The van der Waals surface area contributed by atoms with Crippen molar-refractivity contribution in [2.24, 2.45) is 0 Å². The van der Waals surface area contributed by atoms with E-state index in [-0.39, 0.29) is 12.5 Å². The van der Waals surface area contributed by atoms with Crippen molar-refractivity contribution >= 4 is 40.1 Å². The topological polar surface area (TPSA) is 66.2 Å². The van der Waals surface area contributed by atoms with Crippen LogP contribution in [0.1, 0.15) is 10.4 Å². The number of hydrogen-bond acceptors (Lipinski definition) is 5. The zero-order chi connectivity index (χ0) is 17.3. The first kappa shape index (κ1) is 16.5. The maximum absolute atomic E-state index is 12.4. The number of hydrogen-bond donors (Lipinski definition) is 0. The summed E-state index contributed by atoms with van der Waals surface area (Å²) in [6, 6.07) is 8.42. The molecule has 124 valence electrons. The van der Waals surface area contributed by atoms with Gasteiger partial charge in [0.25, 0.3) is 5.91 Å². The second-order valence-corrected chi connectivity index (χ2v) is 5.92. The number of benzene rings is 2. The van der Waals surface area contributed by atoms with Crippen molar-refractivity contribution in [3.63, 3.8) is 0 Å². The molecule has 0 aliphatic heterocycles. The Morgan fingerprint density at radius 2 is 2.04 bits per heavy atom. The van der Waals surface area contributed by atoms with E-state index in [9.17, 15) is 4.79 Å². The van der Waals surface area contributed by atoms with Crippen LogP contribution in [0.3, 0.4) is 0 Å². The Balaban J connectivity index is 1.81. The SMILES string of the molecule is COc1ccc2c(c1)nnn2C(=O)COc1c(C)cc(Cl)cc1Cl. The molecule has 3 rings (SSSR count). The molecular formula is C16H13Cl2N3O3. The number of methoxy groups -OCH3 is 1. The van der Waals surface area contributed by atoms with E-state index < -0.39 is 0 Å². The fourth-order valence-electron chi connectivity index (χ4n) is 2.28. The van der Waals surface area contributed by atoms with Gasteiger partial charge in [0.05, 0.1) is 17.6 Å². The van der Waals surface area contributed by atoms with Crippen LogP contribution in [0.5, 0.6) is 11.5 Å². The normalized spacial score (nSPS) is 10.8. The molecule has 0 bridgehead atoms. The number of carbonyl (C=O) groups is 1. The first-order valence-corrected chi connectivity index (χ1v) is 7.76. The van der Waals surface area contributed by atoms with Crippen molar-refractivity contribution in [2.75, 3.05) is 13.7 Å². The third-order valence-corrected chi connectivity index (χ3v) is 3.92. The Morgan fingerprint density at radius 1 is 1.25 bits per heavy atom. The number of rotatable bonds is 4. The molecular weight excluding hydrogens is 353 g/mol. The lowest BCUT2D eigenvalue weighted by Gasteiger charge is -2.10. The molecule has 3 aromatic rings. The molecule has 2 aromatic carbocycles. The van der Waals surface area contributed by atoms with Gasteiger partial charge in [-0.05, 0) is 36.8 Å². The monoisotopic (exact) mass is 365 g/mol. The van der Waals surface area contributed by atoms with E-state index in [4.69, 9.17) is 32.7 Å². The van der Waals surface area contributed by atoms with Crippen molar-refractivity contribution in [3.8, 4) is 11.5 Å². The zero-order valence-corrected chi connectivity index (χ0v) is 14.4. The maximum atomic E-state index is 12.4. The molecule has 1 heterocycles. The van der Waals surface area contributed by atoms with Gasteiger partial charge in [0, 0.05) is 11.1 Å². The number of carbonyl (C=O) groups excluding carboxylic acids is 1. The molecule has 0 atom stereocenters. The lowest BCUT2D eigenvalue weighted by atomic mass is 10.2. The highest BCUT2D eigenvalue weighted by atomic mass is 35.5. The molecule has 0 fully saturated rings. The Morgan fingerprint density at radius 3 is 2.75 bits per heavy atom. The van der Waals surface area contributed by atoms with E-state index in [1.807, 2.05) is 0 Å². The van der Waals surface area contributed by atoms with Crippen molar-refractivity contribution < 1.29 is 14.3 Å². The third kappa shape index (κ3) is 3.16. The second-order valence-electron chi connectivity index (χ2n) is 5.07. The van der Waals surface area contributed by atoms with Crippen LogP contribution < -0.4 is 9.47 Å². The molecule has 1 aromatic heterocycles. The number of nitrogens with zero attached hydrogens (tertiary/aromatic N) is 3. The summed E-state index contributed by atoms with van der Waals surface area (Å²) in [5.41, 5.74) is 1.88. The molecule has 0 saturated carbocycles. The number of fused-ring (bicyclic) bond motifs is 1. The van der Waals surface area contributed by atoms with Gasteiger partial charge in [0.1, 0.15) is 17.0 Å². The van der Waals surface area contributed by atoms with Crippen LogP contribution >= 0.6 is 23.2 Å². The number of aromatic nitrogens is 3. The number of halogens is 2. The summed E-state index contributed by atoms with van der Waals surface area (Å²) < 4.78 is 11.9. The summed E-state index contributed by atoms with van der Waals surface area (Å²) in [6.07, 6.45) is 0. The van der Waals surface area contributed by atoms with E-state index in [0.29, 0.717) is 32.6 Å². The Bertz CT molecular complexity index is 901. The van der Waals surface area contributed by atoms with Crippen LogP contribution in [0.25, 0.3) is 11.0 Å². The molecule has 0 saturated heterocycles. The number of aryl methyl sites for hydroxylation is 1. The van der Waals surface area contributed by atoms with E-state index in [0.717, 1.165) is 5.56 Å². The van der Waals surface area contributed by atoms with Gasteiger partial charge in [0.15, 0.2) is 6.61 Å². The van der Waals surface area contributed by atoms with Gasteiger partial charge in [-0.15, -0.1) is 5.10 Å². The fourth-order valence-corrected chi connectivity index (χ4v) is 2.93.